The number of carbonyl (C=O) groups is 1. The molecule has 0 aliphatic carbocycles. The zero-order valence-electron chi connectivity index (χ0n) is 10.8. The van der Waals surface area contributed by atoms with Gasteiger partial charge in [0.25, 0.3) is 5.78 Å². The van der Waals surface area contributed by atoms with E-state index in [1.807, 2.05) is 0 Å². The highest BCUT2D eigenvalue weighted by molar-refractivity contribution is 7.50. The highest BCUT2D eigenvalue weighted by atomic mass is 31.2. The van der Waals surface area contributed by atoms with Gasteiger partial charge in [-0.25, -0.2) is 40.8 Å². The van der Waals surface area contributed by atoms with Crippen LogP contribution < -0.4 is 0 Å². The fourth-order valence-corrected chi connectivity index (χ4v) is 6.21. The molecule has 8 aliphatic heterocycles. The molecule has 138 valence electrons. The van der Waals surface area contributed by atoms with Crippen LogP contribution in [0.2, 0.25) is 0 Å². The van der Waals surface area contributed by atoms with Crippen molar-refractivity contribution >= 4 is 29.3 Å². The van der Waals surface area contributed by atoms with Gasteiger partial charge in [-0.3, -0.25) is 4.79 Å². The van der Waals surface area contributed by atoms with E-state index in [1.54, 1.807) is 0 Å². The van der Waals surface area contributed by atoms with E-state index in [1.165, 1.54) is 0 Å². The number of aliphatic hydroxyl groups is 1. The Morgan fingerprint density at radius 2 is 1.32 bits per heavy atom. The van der Waals surface area contributed by atoms with Gasteiger partial charge in [0.05, 0.1) is 0 Å². The molecule has 3 unspecified atom stereocenters. The molecule has 3 spiro atoms. The summed E-state index contributed by atoms with van der Waals surface area (Å²) in [5.74, 6) is -14.5. The summed E-state index contributed by atoms with van der Waals surface area (Å²) in [5.41, 5.74) is 0. The average molecular weight is 426 g/mol. The van der Waals surface area contributed by atoms with Gasteiger partial charge < -0.3 is 5.11 Å². The minimum absolute atomic E-state index is 1.68. The lowest BCUT2D eigenvalue weighted by atomic mass is 9.97. The number of rotatable bonds is 0. The maximum atomic E-state index is 12.7. The predicted octanol–water partition coefficient (Wildman–Crippen LogP) is -0.402. The van der Waals surface area contributed by atoms with Crippen LogP contribution in [0, 0.1) is 0 Å². The molecule has 8 aliphatic rings. The van der Waals surface area contributed by atoms with Crippen molar-refractivity contribution in [3.05, 3.63) is 0 Å². The summed E-state index contributed by atoms with van der Waals surface area (Å²) in [6, 6.07) is 0. The van der Waals surface area contributed by atoms with Crippen molar-refractivity contribution in [1.82, 2.24) is 0 Å². The van der Waals surface area contributed by atoms with Gasteiger partial charge in [-0.05, 0) is 0 Å². The van der Waals surface area contributed by atoms with Gasteiger partial charge in [-0.1, -0.05) is 0 Å². The van der Waals surface area contributed by atoms with E-state index in [0.717, 1.165) is 0 Å². The number of Topliss-reactive ketones (excluding diaryl/α,β-unsaturated/α-hetero) is 1. The number of phosphoric ester groups is 2. The molecule has 20 heteroatoms. The molecule has 8 saturated heterocycles. The van der Waals surface area contributed by atoms with Crippen molar-refractivity contribution in [3.8, 4) is 0 Å². The molecule has 1 N–H and O–H groups in total. The third kappa shape index (κ3) is 1.51. The second kappa shape index (κ2) is 3.85. The van der Waals surface area contributed by atoms with Gasteiger partial charge in [0.1, 0.15) is 0 Å². The highest BCUT2D eigenvalue weighted by Gasteiger charge is 2.97. The molecule has 8 heterocycles. The Kier molecular flexibility index (Phi) is 2.44. The Morgan fingerprint density at radius 1 is 0.720 bits per heavy atom. The number of hydrogen-bond donors (Lipinski definition) is 1. The molecule has 25 heavy (non-hydrogen) atoms. The fraction of sp³-hybridized carbons (Fsp3) is 0.800. The molecule has 0 amide bonds. The number of ketones is 1. The number of carbonyl (C=O) groups excluding carboxylic acids is 1. The van der Waals surface area contributed by atoms with Crippen LogP contribution in [-0.4, -0.2) is 34.4 Å². The first-order chi connectivity index (χ1) is 11.5. The van der Waals surface area contributed by atoms with Crippen LogP contribution in [0.4, 0.5) is 0 Å². The second-order valence-corrected chi connectivity index (χ2v) is 9.29. The van der Waals surface area contributed by atoms with Crippen molar-refractivity contribution < 1.29 is 79.4 Å². The number of fused-ring (bicyclic) bond motifs is 2. The summed E-state index contributed by atoms with van der Waals surface area (Å²) in [5, 5.41) is 10.8. The van der Waals surface area contributed by atoms with E-state index in [0.29, 0.717) is 0 Å². The second-order valence-electron chi connectivity index (χ2n) is 5.07. The van der Waals surface area contributed by atoms with Crippen LogP contribution >= 0.6 is 23.5 Å². The Labute approximate surface area is 133 Å². The van der Waals surface area contributed by atoms with E-state index in [2.05, 4.69) is 51.3 Å². The Balaban J connectivity index is 1.63. The fourth-order valence-electron chi connectivity index (χ4n) is 2.57. The Morgan fingerprint density at radius 3 is 2.04 bits per heavy atom. The van der Waals surface area contributed by atoms with E-state index < -0.39 is 52.8 Å². The maximum Gasteiger partial charge on any atom is 0.557 e. The van der Waals surface area contributed by atoms with Crippen LogP contribution in [0.3, 0.4) is 0 Å². The van der Waals surface area contributed by atoms with Gasteiger partial charge in [0.15, 0.2) is 0 Å². The van der Waals surface area contributed by atoms with Crippen LogP contribution in [0.25, 0.3) is 0 Å². The lowest BCUT2D eigenvalue weighted by Crippen LogP contribution is -2.80. The van der Waals surface area contributed by atoms with Crippen molar-refractivity contribution in [3.63, 3.8) is 0 Å². The lowest BCUT2D eigenvalue weighted by Gasteiger charge is -2.55. The summed E-state index contributed by atoms with van der Waals surface area (Å²) < 4.78 is 76.8. The molecular formula is C5HO17P3. The maximum absolute atomic E-state index is 12.7. The number of hydrogen-bond acceptors (Lipinski definition) is 17. The SMILES string of the molecule is O=C1C23OOP4(=O)OOC56OP(=O)(O5)OC6(O)C1(OO4)OP(=O)(O2)O3. The Hall–Kier alpha value is -0.160. The number of phosphoric acid groups is 3. The molecule has 0 radical (unpaired) electrons. The smallest absolute Gasteiger partial charge is 0.354 e. The molecule has 8 fully saturated rings. The van der Waals surface area contributed by atoms with Crippen LogP contribution in [-0.2, 0) is 74.3 Å². The van der Waals surface area contributed by atoms with Crippen molar-refractivity contribution in [1.29, 1.82) is 0 Å². The standard InChI is InChI=1S/C5HO17P3/c6-1-2-4(7)5(18-24(9,17-4)19-5)13-22-25(10,20-11-2)21-12-3(1)15-23(8,14-2)16-3/h7H. The third-order valence-corrected chi connectivity index (χ3v) is 7.17. The third-order valence-electron chi connectivity index (χ3n) is 3.57. The van der Waals surface area contributed by atoms with Crippen molar-refractivity contribution in [2.75, 3.05) is 0 Å². The molecular weight excluding hydrogens is 425 g/mol. The van der Waals surface area contributed by atoms with Gasteiger partial charge >= 0.3 is 47.0 Å². The molecule has 0 saturated carbocycles. The van der Waals surface area contributed by atoms with Gasteiger partial charge in [-0.15, -0.1) is 14.0 Å². The predicted molar refractivity (Wildman–Crippen MR) is 54.0 cm³/mol. The molecule has 0 aromatic heterocycles. The molecule has 6 bridgehead atoms. The van der Waals surface area contributed by atoms with E-state index in [9.17, 15) is 23.6 Å². The lowest BCUT2D eigenvalue weighted by molar-refractivity contribution is -0.589. The molecule has 0 aromatic rings. The van der Waals surface area contributed by atoms with Crippen LogP contribution in [0.5, 0.6) is 0 Å². The monoisotopic (exact) mass is 426 g/mol. The summed E-state index contributed by atoms with van der Waals surface area (Å²) in [4.78, 5) is 26.1. The first kappa shape index (κ1) is 15.9. The molecule has 3 atom stereocenters. The summed E-state index contributed by atoms with van der Waals surface area (Å²) in [6.45, 7) is 0. The first-order valence-corrected chi connectivity index (χ1v) is 10.3. The normalized spacial score (nSPS) is 67.2. The zero-order chi connectivity index (χ0) is 17.6. The largest absolute Gasteiger partial charge is 0.557 e. The summed E-state index contributed by atoms with van der Waals surface area (Å²) in [6.07, 6.45) is 0. The highest BCUT2D eigenvalue weighted by Crippen LogP contribution is 2.84. The molecule has 0 aromatic carbocycles. The van der Waals surface area contributed by atoms with Gasteiger partial charge in [-0.2, -0.15) is 14.7 Å². The topological polar surface area (TPSA) is 199 Å². The van der Waals surface area contributed by atoms with Gasteiger partial charge in [0.2, 0.25) is 0 Å². The average Bonchev–Trinajstić information content (AvgIpc) is 2.84. The van der Waals surface area contributed by atoms with Crippen LogP contribution in [0.1, 0.15) is 0 Å². The zero-order valence-corrected chi connectivity index (χ0v) is 13.5. The molecule has 17 nitrogen and oxygen atoms in total. The van der Waals surface area contributed by atoms with E-state index in [-0.39, 0.29) is 0 Å². The van der Waals surface area contributed by atoms with Crippen molar-refractivity contribution in [2.24, 2.45) is 0 Å². The summed E-state index contributed by atoms with van der Waals surface area (Å²) >= 11 is 0. The Bertz CT molecular complexity index is 873. The molecule has 8 rings (SSSR count). The first-order valence-electron chi connectivity index (χ1n) is 5.96. The summed E-state index contributed by atoms with van der Waals surface area (Å²) in [7, 11) is -14.1. The minimum atomic E-state index is -4.98. The minimum Gasteiger partial charge on any atom is -0.354 e. The van der Waals surface area contributed by atoms with Crippen molar-refractivity contribution in [2.45, 2.75) is 23.5 Å². The van der Waals surface area contributed by atoms with Gasteiger partial charge in [0, 0.05) is 0 Å². The van der Waals surface area contributed by atoms with Crippen LogP contribution in [0.15, 0.2) is 0 Å². The quantitative estimate of drug-likeness (QED) is 0.387. The van der Waals surface area contributed by atoms with E-state index in [4.69, 9.17) is 4.52 Å². The van der Waals surface area contributed by atoms with E-state index >= 15 is 0 Å².